The summed E-state index contributed by atoms with van der Waals surface area (Å²) in [6, 6.07) is 8.12. The summed E-state index contributed by atoms with van der Waals surface area (Å²) in [5, 5.41) is 9.31. The molecule has 3 rings (SSSR count). The number of nitrogens with zero attached hydrogens (tertiary/aromatic N) is 4. The molecule has 116 valence electrons. The van der Waals surface area contributed by atoms with Crippen LogP contribution in [0.2, 0.25) is 0 Å². The van der Waals surface area contributed by atoms with Crippen LogP contribution < -0.4 is 0 Å². The van der Waals surface area contributed by atoms with Gasteiger partial charge in [-0.3, -0.25) is 4.79 Å². The average Bonchev–Trinajstić information content (AvgIpc) is 3.16. The molecule has 1 aromatic carbocycles. The highest BCUT2D eigenvalue weighted by Gasteiger charge is 2.19. The van der Waals surface area contributed by atoms with E-state index in [0.717, 1.165) is 42.5 Å². The number of carbonyl (C=O) groups excluding carboxylic acids is 1. The Hall–Kier alpha value is -1.82. The van der Waals surface area contributed by atoms with Gasteiger partial charge in [0, 0.05) is 25.7 Å². The summed E-state index contributed by atoms with van der Waals surface area (Å²) in [6.45, 7) is 3.85. The zero-order chi connectivity index (χ0) is 15.5. The molecule has 22 heavy (non-hydrogen) atoms. The molecule has 1 aliphatic heterocycles. The number of benzene rings is 1. The number of hydrogen-bond acceptors (Lipinski definition) is 4. The Morgan fingerprint density at radius 3 is 2.68 bits per heavy atom. The van der Waals surface area contributed by atoms with Crippen molar-refractivity contribution in [1.82, 2.24) is 19.7 Å². The van der Waals surface area contributed by atoms with Gasteiger partial charge in [0.25, 0.3) is 0 Å². The third-order valence-electron chi connectivity index (χ3n) is 4.00. The summed E-state index contributed by atoms with van der Waals surface area (Å²) >= 11 is 1.46. The smallest absolute Gasteiger partial charge is 0.233 e. The Morgan fingerprint density at radius 1 is 1.23 bits per heavy atom. The van der Waals surface area contributed by atoms with Gasteiger partial charge < -0.3 is 9.47 Å². The first-order valence-corrected chi connectivity index (χ1v) is 8.51. The van der Waals surface area contributed by atoms with Crippen molar-refractivity contribution in [3.63, 3.8) is 0 Å². The first kappa shape index (κ1) is 15.1. The number of aromatic nitrogens is 3. The van der Waals surface area contributed by atoms with Crippen LogP contribution in [0, 0.1) is 6.92 Å². The van der Waals surface area contributed by atoms with E-state index < -0.39 is 0 Å². The standard InChI is InChI=1S/C16H20N4OS/c1-12-7-3-4-8-13(12)15-17-18-16(19(15)2)22-11-14(21)20-9-5-6-10-20/h3-4,7-8H,5-6,9-11H2,1-2H3. The molecule has 0 atom stereocenters. The molecule has 1 aromatic heterocycles. The lowest BCUT2D eigenvalue weighted by Gasteiger charge is -2.14. The van der Waals surface area contributed by atoms with Crippen LogP contribution in [0.4, 0.5) is 0 Å². The molecule has 1 amide bonds. The Labute approximate surface area is 134 Å². The van der Waals surface area contributed by atoms with Crippen LogP contribution in [0.5, 0.6) is 0 Å². The van der Waals surface area contributed by atoms with E-state index >= 15 is 0 Å². The van der Waals surface area contributed by atoms with E-state index in [-0.39, 0.29) is 5.91 Å². The molecule has 5 nitrogen and oxygen atoms in total. The maximum absolute atomic E-state index is 12.1. The molecule has 2 heterocycles. The molecule has 0 N–H and O–H groups in total. The van der Waals surface area contributed by atoms with E-state index in [2.05, 4.69) is 23.2 Å². The van der Waals surface area contributed by atoms with Crippen molar-refractivity contribution >= 4 is 17.7 Å². The van der Waals surface area contributed by atoms with Crippen LogP contribution in [0.3, 0.4) is 0 Å². The second-order valence-electron chi connectivity index (χ2n) is 5.56. The first-order valence-electron chi connectivity index (χ1n) is 7.53. The predicted molar refractivity (Wildman–Crippen MR) is 87.7 cm³/mol. The molecule has 0 radical (unpaired) electrons. The van der Waals surface area contributed by atoms with E-state index in [1.165, 1.54) is 17.3 Å². The molecule has 6 heteroatoms. The largest absolute Gasteiger partial charge is 0.342 e. The minimum Gasteiger partial charge on any atom is -0.342 e. The fourth-order valence-corrected chi connectivity index (χ4v) is 3.50. The molecule has 0 saturated carbocycles. The quantitative estimate of drug-likeness (QED) is 0.813. The SMILES string of the molecule is Cc1ccccc1-c1nnc(SCC(=O)N2CCCC2)n1C. The van der Waals surface area contributed by atoms with Crippen molar-refractivity contribution in [2.75, 3.05) is 18.8 Å². The van der Waals surface area contributed by atoms with E-state index in [9.17, 15) is 4.79 Å². The Balaban J connectivity index is 1.71. The summed E-state index contributed by atoms with van der Waals surface area (Å²) in [6.07, 6.45) is 2.25. The normalized spacial score (nSPS) is 14.5. The molecule has 0 unspecified atom stereocenters. The average molecular weight is 316 g/mol. The van der Waals surface area contributed by atoms with Gasteiger partial charge >= 0.3 is 0 Å². The third kappa shape index (κ3) is 3.02. The minimum absolute atomic E-state index is 0.197. The first-order chi connectivity index (χ1) is 10.7. The Kier molecular flexibility index (Phi) is 4.47. The molecule has 0 aliphatic carbocycles. The second kappa shape index (κ2) is 6.52. The Bertz CT molecular complexity index is 677. The van der Waals surface area contributed by atoms with Gasteiger partial charge in [-0.15, -0.1) is 10.2 Å². The summed E-state index contributed by atoms with van der Waals surface area (Å²) in [4.78, 5) is 14.0. The van der Waals surface area contributed by atoms with Gasteiger partial charge in [0.1, 0.15) is 0 Å². The Morgan fingerprint density at radius 2 is 1.95 bits per heavy atom. The number of likely N-dealkylation sites (tertiary alicyclic amines) is 1. The van der Waals surface area contributed by atoms with Crippen LogP contribution in [-0.2, 0) is 11.8 Å². The van der Waals surface area contributed by atoms with Crippen molar-refractivity contribution < 1.29 is 4.79 Å². The highest BCUT2D eigenvalue weighted by atomic mass is 32.2. The van der Waals surface area contributed by atoms with Crippen LogP contribution in [-0.4, -0.2) is 44.4 Å². The number of hydrogen-bond donors (Lipinski definition) is 0. The molecular weight excluding hydrogens is 296 g/mol. The van der Waals surface area contributed by atoms with E-state index in [0.29, 0.717) is 5.75 Å². The van der Waals surface area contributed by atoms with Gasteiger partial charge in [-0.25, -0.2) is 0 Å². The topological polar surface area (TPSA) is 51.0 Å². The molecule has 1 saturated heterocycles. The fraction of sp³-hybridized carbons (Fsp3) is 0.438. The van der Waals surface area contributed by atoms with Crippen molar-refractivity contribution in [2.45, 2.75) is 24.9 Å². The number of thioether (sulfide) groups is 1. The number of aryl methyl sites for hydroxylation is 1. The van der Waals surface area contributed by atoms with Gasteiger partial charge in [-0.2, -0.15) is 0 Å². The van der Waals surface area contributed by atoms with Gasteiger partial charge in [0.15, 0.2) is 11.0 Å². The lowest BCUT2D eigenvalue weighted by atomic mass is 10.1. The zero-order valence-electron chi connectivity index (χ0n) is 13.0. The maximum Gasteiger partial charge on any atom is 0.233 e. The van der Waals surface area contributed by atoms with Crippen LogP contribution in [0.1, 0.15) is 18.4 Å². The molecular formula is C16H20N4OS. The second-order valence-corrected chi connectivity index (χ2v) is 6.50. The van der Waals surface area contributed by atoms with Crippen molar-refractivity contribution in [3.05, 3.63) is 29.8 Å². The van der Waals surface area contributed by atoms with Crippen LogP contribution in [0.25, 0.3) is 11.4 Å². The van der Waals surface area contributed by atoms with Gasteiger partial charge in [0.05, 0.1) is 5.75 Å². The van der Waals surface area contributed by atoms with E-state index in [1.54, 1.807) is 0 Å². The van der Waals surface area contributed by atoms with Crippen molar-refractivity contribution in [3.8, 4) is 11.4 Å². The lowest BCUT2D eigenvalue weighted by Crippen LogP contribution is -2.29. The molecule has 0 bridgehead atoms. The maximum atomic E-state index is 12.1. The van der Waals surface area contributed by atoms with Crippen LogP contribution >= 0.6 is 11.8 Å². The van der Waals surface area contributed by atoms with Crippen LogP contribution in [0.15, 0.2) is 29.4 Å². The fourth-order valence-electron chi connectivity index (χ4n) is 2.68. The molecule has 2 aromatic rings. The number of rotatable bonds is 4. The zero-order valence-corrected chi connectivity index (χ0v) is 13.8. The van der Waals surface area contributed by atoms with Gasteiger partial charge in [-0.05, 0) is 25.3 Å². The lowest BCUT2D eigenvalue weighted by molar-refractivity contribution is -0.127. The van der Waals surface area contributed by atoms with E-state index in [1.807, 2.05) is 34.7 Å². The molecule has 0 spiro atoms. The summed E-state index contributed by atoms with van der Waals surface area (Å²) < 4.78 is 1.96. The summed E-state index contributed by atoms with van der Waals surface area (Å²) in [5.41, 5.74) is 2.25. The van der Waals surface area contributed by atoms with Crippen molar-refractivity contribution in [2.24, 2.45) is 7.05 Å². The number of carbonyl (C=O) groups is 1. The molecule has 1 aliphatic rings. The van der Waals surface area contributed by atoms with E-state index in [4.69, 9.17) is 0 Å². The summed E-state index contributed by atoms with van der Waals surface area (Å²) in [7, 11) is 1.95. The monoisotopic (exact) mass is 316 g/mol. The summed E-state index contributed by atoms with van der Waals surface area (Å²) in [5.74, 6) is 1.47. The molecule has 1 fully saturated rings. The third-order valence-corrected chi connectivity index (χ3v) is 5.01. The van der Waals surface area contributed by atoms with Gasteiger partial charge in [0.2, 0.25) is 5.91 Å². The van der Waals surface area contributed by atoms with Crippen molar-refractivity contribution in [1.29, 1.82) is 0 Å². The highest BCUT2D eigenvalue weighted by molar-refractivity contribution is 7.99. The van der Waals surface area contributed by atoms with Gasteiger partial charge in [-0.1, -0.05) is 36.0 Å². The predicted octanol–water partition coefficient (Wildman–Crippen LogP) is 2.51. The number of amides is 1. The highest BCUT2D eigenvalue weighted by Crippen LogP contribution is 2.25. The minimum atomic E-state index is 0.197.